The maximum Gasteiger partial charge on any atom is 0.410 e. The number of carbonyl (C=O) groups is 4. The largest absolute Gasteiger partial charge is 0.467 e. The van der Waals surface area contributed by atoms with Crippen molar-refractivity contribution in [1.29, 1.82) is 0 Å². The minimum absolute atomic E-state index is 0.134. The first kappa shape index (κ1) is 23.0. The molecule has 3 atom stereocenters. The lowest BCUT2D eigenvalue weighted by Gasteiger charge is -2.29. The summed E-state index contributed by atoms with van der Waals surface area (Å²) in [5.41, 5.74) is -0.958. The molecular formula is C20H33N3O6. The number of carbonyl (C=O) groups excluding carboxylic acids is 4. The maximum atomic E-state index is 13.0. The molecular weight excluding hydrogens is 378 g/mol. The van der Waals surface area contributed by atoms with Gasteiger partial charge >= 0.3 is 12.1 Å². The van der Waals surface area contributed by atoms with Crippen LogP contribution in [0.4, 0.5) is 4.79 Å². The van der Waals surface area contributed by atoms with Crippen LogP contribution in [0.3, 0.4) is 0 Å². The summed E-state index contributed by atoms with van der Waals surface area (Å²) in [6, 6.07) is -1.71. The summed E-state index contributed by atoms with van der Waals surface area (Å²) in [5.74, 6) is -1.55. The normalized spacial score (nSPS) is 24.6. The molecule has 0 unspecified atom stereocenters. The molecule has 3 amide bonds. The lowest BCUT2D eigenvalue weighted by atomic mass is 9.90. The van der Waals surface area contributed by atoms with Crippen molar-refractivity contribution in [3.05, 3.63) is 0 Å². The van der Waals surface area contributed by atoms with Crippen LogP contribution in [0, 0.1) is 11.3 Å². The number of hydrogen-bond donors (Lipinski definition) is 2. The van der Waals surface area contributed by atoms with Gasteiger partial charge in [0.2, 0.25) is 11.8 Å². The fourth-order valence-corrected chi connectivity index (χ4v) is 3.79. The van der Waals surface area contributed by atoms with Gasteiger partial charge in [-0.3, -0.25) is 14.5 Å². The molecule has 0 aliphatic carbocycles. The van der Waals surface area contributed by atoms with Crippen LogP contribution in [0.5, 0.6) is 0 Å². The number of nitrogens with zero attached hydrogens (tertiary/aromatic N) is 1. The minimum atomic E-state index is -0.953. The van der Waals surface area contributed by atoms with Crippen LogP contribution in [0.2, 0.25) is 0 Å². The Bertz CT molecular complexity index is 670. The van der Waals surface area contributed by atoms with Gasteiger partial charge in [0, 0.05) is 19.0 Å². The Balaban J connectivity index is 2.13. The van der Waals surface area contributed by atoms with Crippen LogP contribution in [-0.2, 0) is 23.9 Å². The molecule has 2 heterocycles. The van der Waals surface area contributed by atoms with Crippen molar-refractivity contribution in [3.63, 3.8) is 0 Å². The van der Waals surface area contributed by atoms with Crippen molar-refractivity contribution in [3.8, 4) is 0 Å². The highest BCUT2D eigenvalue weighted by molar-refractivity contribution is 5.90. The molecule has 0 saturated carbocycles. The van der Waals surface area contributed by atoms with Gasteiger partial charge < -0.3 is 20.1 Å². The fraction of sp³-hybridized carbons (Fsp3) is 0.800. The van der Waals surface area contributed by atoms with Crippen molar-refractivity contribution < 1.29 is 28.7 Å². The van der Waals surface area contributed by atoms with Gasteiger partial charge in [0.1, 0.15) is 17.7 Å². The van der Waals surface area contributed by atoms with Gasteiger partial charge in [0.05, 0.1) is 7.11 Å². The molecule has 0 aromatic rings. The number of hydrogen-bond acceptors (Lipinski definition) is 6. The zero-order chi connectivity index (χ0) is 22.0. The summed E-state index contributed by atoms with van der Waals surface area (Å²) in [4.78, 5) is 51.2. The van der Waals surface area contributed by atoms with Crippen molar-refractivity contribution in [2.75, 3.05) is 20.2 Å². The summed E-state index contributed by atoms with van der Waals surface area (Å²) in [6.07, 6.45) is 0.638. The maximum absolute atomic E-state index is 13.0. The molecule has 9 heteroatoms. The van der Waals surface area contributed by atoms with E-state index in [4.69, 9.17) is 9.47 Å². The van der Waals surface area contributed by atoms with Crippen molar-refractivity contribution in [1.82, 2.24) is 15.5 Å². The average Bonchev–Trinajstić information content (AvgIpc) is 3.14. The molecule has 2 fully saturated rings. The second kappa shape index (κ2) is 8.59. The molecule has 2 aliphatic rings. The highest BCUT2D eigenvalue weighted by Crippen LogP contribution is 2.35. The molecule has 164 valence electrons. The van der Waals surface area contributed by atoms with E-state index in [2.05, 4.69) is 10.6 Å². The lowest BCUT2D eigenvalue weighted by Crippen LogP contribution is -2.52. The third-order valence-electron chi connectivity index (χ3n) is 5.14. The minimum Gasteiger partial charge on any atom is -0.467 e. The zero-order valence-corrected chi connectivity index (χ0v) is 18.2. The van der Waals surface area contributed by atoms with Crippen molar-refractivity contribution >= 4 is 23.9 Å². The molecule has 0 aromatic carbocycles. The number of methoxy groups -OCH3 is 1. The van der Waals surface area contributed by atoms with E-state index in [-0.39, 0.29) is 23.7 Å². The van der Waals surface area contributed by atoms with E-state index in [1.165, 1.54) is 12.0 Å². The van der Waals surface area contributed by atoms with Crippen LogP contribution in [-0.4, -0.2) is 66.7 Å². The predicted octanol–water partition coefficient (Wildman–Crippen LogP) is 1.21. The molecule has 9 nitrogen and oxygen atoms in total. The van der Waals surface area contributed by atoms with Crippen LogP contribution in [0.25, 0.3) is 0 Å². The van der Waals surface area contributed by atoms with E-state index < -0.39 is 35.7 Å². The van der Waals surface area contributed by atoms with Gasteiger partial charge in [-0.2, -0.15) is 0 Å². The first-order valence-electron chi connectivity index (χ1n) is 9.98. The zero-order valence-electron chi connectivity index (χ0n) is 18.2. The standard InChI is InChI=1S/C20H33N3O6/c1-19(2,3)29-18(27)23-11-20(4,5)10-14(23)16(25)22-13(17(26)28-6)9-12-7-8-21-15(12)24/h12-14H,7-11H2,1-6H3,(H,21,24)(H,22,25)/t12-,13-,14-/m0/s1. The predicted molar refractivity (Wildman–Crippen MR) is 105 cm³/mol. The second-order valence-corrected chi connectivity index (χ2v) is 9.59. The molecule has 2 saturated heterocycles. The molecule has 0 aromatic heterocycles. The SMILES string of the molecule is COC(=O)[C@H](C[C@@H]1CCNC1=O)NC(=O)[C@@H]1CC(C)(C)CN1C(=O)OC(C)(C)C. The Kier molecular flexibility index (Phi) is 6.80. The number of ether oxygens (including phenoxy) is 2. The Morgan fingerprint density at radius 1 is 1.31 bits per heavy atom. The number of amides is 3. The smallest absolute Gasteiger partial charge is 0.410 e. The van der Waals surface area contributed by atoms with Crippen LogP contribution in [0.1, 0.15) is 53.9 Å². The fourth-order valence-electron chi connectivity index (χ4n) is 3.79. The van der Waals surface area contributed by atoms with Crippen LogP contribution in [0.15, 0.2) is 0 Å². The molecule has 2 N–H and O–H groups in total. The first-order chi connectivity index (χ1) is 13.3. The Labute approximate surface area is 171 Å². The van der Waals surface area contributed by atoms with Gasteiger partial charge in [0.15, 0.2) is 0 Å². The van der Waals surface area contributed by atoms with E-state index in [1.807, 2.05) is 13.8 Å². The summed E-state index contributed by atoms with van der Waals surface area (Å²) < 4.78 is 10.3. The monoisotopic (exact) mass is 411 g/mol. The van der Waals surface area contributed by atoms with E-state index in [0.29, 0.717) is 25.9 Å². The summed E-state index contributed by atoms with van der Waals surface area (Å²) in [7, 11) is 1.24. The molecule has 2 aliphatic heterocycles. The van der Waals surface area contributed by atoms with Gasteiger partial charge in [-0.1, -0.05) is 13.8 Å². The summed E-state index contributed by atoms with van der Waals surface area (Å²) in [6.45, 7) is 10.2. The third kappa shape index (κ3) is 6.08. The number of rotatable bonds is 5. The second-order valence-electron chi connectivity index (χ2n) is 9.59. The summed E-state index contributed by atoms with van der Waals surface area (Å²) in [5, 5.41) is 5.42. The Hall–Kier alpha value is -2.32. The van der Waals surface area contributed by atoms with E-state index in [9.17, 15) is 19.2 Å². The number of nitrogens with one attached hydrogen (secondary N) is 2. The topological polar surface area (TPSA) is 114 Å². The van der Waals surface area contributed by atoms with Gasteiger partial charge in [0.25, 0.3) is 0 Å². The third-order valence-corrected chi connectivity index (χ3v) is 5.14. The Morgan fingerprint density at radius 2 is 1.97 bits per heavy atom. The average molecular weight is 411 g/mol. The highest BCUT2D eigenvalue weighted by Gasteiger charge is 2.46. The van der Waals surface area contributed by atoms with E-state index >= 15 is 0 Å². The van der Waals surface area contributed by atoms with Gasteiger partial charge in [-0.05, 0) is 45.4 Å². The van der Waals surface area contributed by atoms with Crippen molar-refractivity contribution in [2.45, 2.75) is 71.6 Å². The number of likely N-dealkylation sites (tertiary alicyclic amines) is 1. The van der Waals surface area contributed by atoms with Gasteiger partial charge in [-0.25, -0.2) is 9.59 Å². The number of esters is 1. The van der Waals surface area contributed by atoms with Crippen LogP contribution < -0.4 is 10.6 Å². The Morgan fingerprint density at radius 3 is 2.48 bits per heavy atom. The summed E-state index contributed by atoms with van der Waals surface area (Å²) >= 11 is 0. The molecule has 0 bridgehead atoms. The first-order valence-corrected chi connectivity index (χ1v) is 9.98. The molecule has 2 rings (SSSR count). The quantitative estimate of drug-likeness (QED) is 0.657. The van der Waals surface area contributed by atoms with Gasteiger partial charge in [-0.15, -0.1) is 0 Å². The molecule has 0 spiro atoms. The van der Waals surface area contributed by atoms with E-state index in [0.717, 1.165) is 0 Å². The molecule has 0 radical (unpaired) electrons. The van der Waals surface area contributed by atoms with Crippen molar-refractivity contribution in [2.24, 2.45) is 11.3 Å². The van der Waals surface area contributed by atoms with E-state index in [1.54, 1.807) is 20.8 Å². The lowest BCUT2D eigenvalue weighted by molar-refractivity contribution is -0.146. The molecule has 29 heavy (non-hydrogen) atoms. The van der Waals surface area contributed by atoms with Crippen LogP contribution >= 0.6 is 0 Å². The highest BCUT2D eigenvalue weighted by atomic mass is 16.6.